The fraction of sp³-hybridized carbons (Fsp3) is 0.364. The molecule has 1 aliphatic heterocycles. The molecule has 5 nitrogen and oxygen atoms in total. The first kappa shape index (κ1) is 14.8. The van der Waals surface area contributed by atoms with Crippen molar-refractivity contribution in [2.45, 2.75) is 5.75 Å². The smallest absolute Gasteiger partial charge is 0.239 e. The minimum absolute atomic E-state index is 0.337. The lowest BCUT2D eigenvalue weighted by atomic mass is 10.0. The Kier molecular flexibility index (Phi) is 4.00. The van der Waals surface area contributed by atoms with Gasteiger partial charge in [0.05, 0.1) is 5.92 Å². The predicted molar refractivity (Wildman–Crippen MR) is 63.4 cm³/mol. The third-order valence-electron chi connectivity index (χ3n) is 2.88. The van der Waals surface area contributed by atoms with Crippen molar-refractivity contribution in [3.63, 3.8) is 0 Å². The molecule has 0 aromatic heterocycles. The van der Waals surface area contributed by atoms with Crippen LogP contribution in [0.25, 0.3) is 0 Å². The van der Waals surface area contributed by atoms with Crippen molar-refractivity contribution in [2.24, 2.45) is 5.92 Å². The van der Waals surface area contributed by atoms with E-state index in [4.69, 9.17) is 0 Å². The van der Waals surface area contributed by atoms with Crippen LogP contribution >= 0.6 is 0 Å². The second kappa shape index (κ2) is 5.41. The topological polar surface area (TPSA) is 75.3 Å². The number of benzene rings is 1. The monoisotopic (exact) mass is 308 g/mol. The van der Waals surface area contributed by atoms with Gasteiger partial charge in [-0.25, -0.2) is 21.6 Å². The van der Waals surface area contributed by atoms with Crippen LogP contribution in [0.3, 0.4) is 0 Å². The first-order valence-electron chi connectivity index (χ1n) is 5.67. The molecule has 0 bridgehead atoms. The number of rotatable bonds is 4. The second-order valence-corrected chi connectivity index (χ2v) is 6.12. The average Bonchev–Trinajstić information content (AvgIpc) is 2.26. The Hall–Kier alpha value is -1.61. The summed E-state index contributed by atoms with van der Waals surface area (Å²) in [5, 5.41) is 2.78. The van der Waals surface area contributed by atoms with E-state index in [0.717, 1.165) is 0 Å². The van der Waals surface area contributed by atoms with Gasteiger partial charge in [0.2, 0.25) is 15.9 Å². The molecule has 2 rings (SSSR count). The Balaban J connectivity index is 2.16. The standard InChI is InChI=1S/C11H11F3N2O3S/c12-8-1-2-9(13)10(14)7(8)5-20(18,19)16-11(17)6-3-15-4-6/h1-2,6,15H,3-5H2,(H,16,17). The van der Waals surface area contributed by atoms with Crippen LogP contribution in [0.15, 0.2) is 12.1 Å². The number of carbonyl (C=O) groups is 1. The molecular formula is C11H11F3N2O3S. The molecule has 1 saturated heterocycles. The third-order valence-corrected chi connectivity index (χ3v) is 4.06. The Labute approximate surface area is 113 Å². The normalized spacial score (nSPS) is 15.8. The highest BCUT2D eigenvalue weighted by molar-refractivity contribution is 7.89. The van der Waals surface area contributed by atoms with Crippen molar-refractivity contribution in [1.82, 2.24) is 10.0 Å². The maximum absolute atomic E-state index is 13.4. The molecule has 2 N–H and O–H groups in total. The largest absolute Gasteiger partial charge is 0.315 e. The summed E-state index contributed by atoms with van der Waals surface area (Å²) in [6.45, 7) is 0.675. The number of amides is 1. The lowest BCUT2D eigenvalue weighted by molar-refractivity contribution is -0.124. The zero-order chi connectivity index (χ0) is 14.9. The molecule has 1 aromatic carbocycles. The highest BCUT2D eigenvalue weighted by Crippen LogP contribution is 2.18. The van der Waals surface area contributed by atoms with Crippen LogP contribution in [0.2, 0.25) is 0 Å². The maximum Gasteiger partial charge on any atom is 0.239 e. The minimum Gasteiger partial charge on any atom is -0.315 e. The number of sulfonamides is 1. The number of hydrogen-bond acceptors (Lipinski definition) is 4. The van der Waals surface area contributed by atoms with E-state index in [1.165, 1.54) is 0 Å². The van der Waals surface area contributed by atoms with Crippen molar-refractivity contribution in [3.8, 4) is 0 Å². The van der Waals surface area contributed by atoms with Gasteiger partial charge in [-0.05, 0) is 12.1 Å². The molecule has 1 fully saturated rings. The molecule has 1 aromatic rings. The summed E-state index contributed by atoms with van der Waals surface area (Å²) in [5.41, 5.74) is -0.933. The first-order valence-corrected chi connectivity index (χ1v) is 7.33. The quantitative estimate of drug-likeness (QED) is 0.783. The van der Waals surface area contributed by atoms with Crippen LogP contribution < -0.4 is 10.0 Å². The lowest BCUT2D eigenvalue weighted by Gasteiger charge is -2.25. The van der Waals surface area contributed by atoms with Gasteiger partial charge in [-0.1, -0.05) is 0 Å². The molecule has 0 atom stereocenters. The van der Waals surface area contributed by atoms with E-state index in [1.54, 1.807) is 4.72 Å². The first-order chi connectivity index (χ1) is 9.30. The van der Waals surface area contributed by atoms with Crippen molar-refractivity contribution in [3.05, 3.63) is 35.1 Å². The lowest BCUT2D eigenvalue weighted by Crippen LogP contribution is -2.52. The third kappa shape index (κ3) is 3.10. The van der Waals surface area contributed by atoms with Crippen molar-refractivity contribution >= 4 is 15.9 Å². The summed E-state index contributed by atoms with van der Waals surface area (Å²) in [6, 6.07) is 1.18. The molecule has 0 radical (unpaired) electrons. The molecule has 0 aliphatic carbocycles. The van der Waals surface area contributed by atoms with Crippen LogP contribution in [0.4, 0.5) is 13.2 Å². The summed E-state index contributed by atoms with van der Waals surface area (Å²) in [6.07, 6.45) is 0. The van der Waals surface area contributed by atoms with Gasteiger partial charge in [-0.15, -0.1) is 0 Å². The molecule has 0 saturated carbocycles. The van der Waals surface area contributed by atoms with E-state index in [1.807, 2.05) is 0 Å². The van der Waals surface area contributed by atoms with Gasteiger partial charge in [0, 0.05) is 18.7 Å². The highest BCUT2D eigenvalue weighted by Gasteiger charge is 2.29. The molecule has 1 heterocycles. The Morgan fingerprint density at radius 2 is 1.85 bits per heavy atom. The van der Waals surface area contributed by atoms with E-state index in [9.17, 15) is 26.4 Å². The maximum atomic E-state index is 13.4. The summed E-state index contributed by atoms with van der Waals surface area (Å²) >= 11 is 0. The van der Waals surface area contributed by atoms with Crippen LogP contribution in [0, 0.1) is 23.4 Å². The van der Waals surface area contributed by atoms with Gasteiger partial charge in [-0.2, -0.15) is 0 Å². The van der Waals surface area contributed by atoms with E-state index in [2.05, 4.69) is 5.32 Å². The fourth-order valence-corrected chi connectivity index (χ4v) is 2.83. The Morgan fingerprint density at radius 3 is 2.40 bits per heavy atom. The molecule has 1 amide bonds. The summed E-state index contributed by atoms with van der Waals surface area (Å²) in [4.78, 5) is 11.5. The minimum atomic E-state index is -4.29. The summed E-state index contributed by atoms with van der Waals surface area (Å²) in [7, 11) is -4.29. The van der Waals surface area contributed by atoms with Gasteiger partial charge in [-0.3, -0.25) is 9.52 Å². The molecule has 0 spiro atoms. The Bertz CT molecular complexity index is 645. The number of carbonyl (C=O) groups excluding carboxylic acids is 1. The van der Waals surface area contributed by atoms with Crippen molar-refractivity contribution < 1.29 is 26.4 Å². The number of hydrogen-bond donors (Lipinski definition) is 2. The zero-order valence-electron chi connectivity index (χ0n) is 10.1. The second-order valence-electron chi connectivity index (χ2n) is 4.40. The van der Waals surface area contributed by atoms with E-state index in [0.29, 0.717) is 25.2 Å². The van der Waals surface area contributed by atoms with Gasteiger partial charge in [0.25, 0.3) is 0 Å². The van der Waals surface area contributed by atoms with E-state index >= 15 is 0 Å². The van der Waals surface area contributed by atoms with Crippen molar-refractivity contribution in [1.29, 1.82) is 0 Å². The highest BCUT2D eigenvalue weighted by atomic mass is 32.2. The zero-order valence-corrected chi connectivity index (χ0v) is 10.9. The number of nitrogens with one attached hydrogen (secondary N) is 2. The molecule has 0 unspecified atom stereocenters. The molecule has 1 aliphatic rings. The average molecular weight is 308 g/mol. The fourth-order valence-electron chi connectivity index (χ4n) is 1.64. The van der Waals surface area contributed by atoms with Crippen LogP contribution in [-0.4, -0.2) is 27.4 Å². The molecule has 20 heavy (non-hydrogen) atoms. The Morgan fingerprint density at radius 1 is 1.25 bits per heavy atom. The van der Waals surface area contributed by atoms with Crippen LogP contribution in [0.1, 0.15) is 5.56 Å². The van der Waals surface area contributed by atoms with Gasteiger partial charge in [0.1, 0.15) is 11.6 Å². The predicted octanol–water partition coefficient (Wildman–Crippen LogP) is 0.269. The van der Waals surface area contributed by atoms with Crippen LogP contribution in [0.5, 0.6) is 0 Å². The van der Waals surface area contributed by atoms with Gasteiger partial charge in [0.15, 0.2) is 11.6 Å². The summed E-state index contributed by atoms with van der Waals surface area (Å²) < 4.78 is 64.7. The molecule has 9 heteroatoms. The molecular weight excluding hydrogens is 297 g/mol. The van der Waals surface area contributed by atoms with E-state index < -0.39 is 50.6 Å². The molecule has 110 valence electrons. The van der Waals surface area contributed by atoms with E-state index in [-0.39, 0.29) is 0 Å². The van der Waals surface area contributed by atoms with Crippen LogP contribution in [-0.2, 0) is 20.6 Å². The number of halogens is 3. The van der Waals surface area contributed by atoms with Crippen molar-refractivity contribution in [2.75, 3.05) is 13.1 Å². The SMILES string of the molecule is O=C(NS(=O)(=O)Cc1c(F)ccc(F)c1F)C1CNC1. The summed E-state index contributed by atoms with van der Waals surface area (Å²) in [5.74, 6) is -6.51. The van der Waals surface area contributed by atoms with Gasteiger partial charge < -0.3 is 5.32 Å². The van der Waals surface area contributed by atoms with Gasteiger partial charge >= 0.3 is 0 Å².